The van der Waals surface area contributed by atoms with Crippen LogP contribution in [0.5, 0.6) is 5.88 Å². The number of carboxylic acid groups (broad SMARTS) is 1. The maximum absolute atomic E-state index is 13.5. The predicted molar refractivity (Wildman–Crippen MR) is 137 cm³/mol. The first-order valence-electron chi connectivity index (χ1n) is 13.0. The highest BCUT2D eigenvalue weighted by Gasteiger charge is 2.44. The summed E-state index contributed by atoms with van der Waals surface area (Å²) in [6.07, 6.45) is 2.89. The number of esters is 1. The molecule has 10 nitrogen and oxygen atoms in total. The second-order valence-electron chi connectivity index (χ2n) is 10.5. The summed E-state index contributed by atoms with van der Waals surface area (Å²) in [5.41, 5.74) is 1.85. The van der Waals surface area contributed by atoms with Crippen molar-refractivity contribution in [1.82, 2.24) is 14.9 Å². The number of anilines is 1. The predicted octanol–water partition coefficient (Wildman–Crippen LogP) is 3.06. The first-order valence-corrected chi connectivity index (χ1v) is 13.0. The highest BCUT2D eigenvalue weighted by molar-refractivity contribution is 5.89. The third-order valence-corrected chi connectivity index (χ3v) is 7.10. The quantitative estimate of drug-likeness (QED) is 0.618. The van der Waals surface area contributed by atoms with Gasteiger partial charge in [-0.1, -0.05) is 19.9 Å². The molecule has 4 bridgehead atoms. The van der Waals surface area contributed by atoms with E-state index in [1.165, 1.54) is 4.90 Å². The molecular formula is C27H36N4O6. The third kappa shape index (κ3) is 6.11. The molecule has 1 fully saturated rings. The van der Waals surface area contributed by atoms with Crippen LogP contribution >= 0.6 is 0 Å². The average Bonchev–Trinajstić information content (AvgIpc) is 3.27. The summed E-state index contributed by atoms with van der Waals surface area (Å²) in [6, 6.07) is 4.96. The first-order chi connectivity index (χ1) is 17.6. The van der Waals surface area contributed by atoms with Gasteiger partial charge in [0.25, 0.3) is 0 Å². The van der Waals surface area contributed by atoms with Crippen molar-refractivity contribution in [3.63, 3.8) is 0 Å². The number of ether oxygens (including phenoxy) is 2. The molecule has 10 heteroatoms. The summed E-state index contributed by atoms with van der Waals surface area (Å²) in [4.78, 5) is 50.6. The Hall–Kier alpha value is -3.43. The standard InChI is InChI=1S/C27H36N4O6/c1-16(2)19-14-23(32)36-11-7-5-6-8-17-9-10-21-20(12-17)24(29-27(28-21)30(3)4)37-18-13-22(26(34)35)31(15-18)25(19)33/h9-10,12,16,18-19,22H,5-8,11,13-15H2,1-4H3,(H,34,35)/t18-,19+,22+/m1/s1. The molecule has 1 saturated heterocycles. The van der Waals surface area contributed by atoms with Gasteiger partial charge in [-0.05, 0) is 49.3 Å². The van der Waals surface area contributed by atoms with Crippen LogP contribution in [0, 0.1) is 11.8 Å². The Labute approximate surface area is 217 Å². The normalized spacial score (nSPS) is 23.5. The molecule has 0 radical (unpaired) electrons. The number of nitrogens with zero attached hydrogens (tertiary/aromatic N) is 4. The number of hydrogen-bond donors (Lipinski definition) is 1. The molecule has 200 valence electrons. The average molecular weight is 513 g/mol. The fourth-order valence-electron chi connectivity index (χ4n) is 4.95. The van der Waals surface area contributed by atoms with E-state index in [2.05, 4.69) is 9.97 Å². The largest absolute Gasteiger partial charge is 0.480 e. The number of benzene rings is 1. The number of carboxylic acids is 1. The first kappa shape index (κ1) is 26.6. The van der Waals surface area contributed by atoms with Gasteiger partial charge in [-0.25, -0.2) is 9.78 Å². The molecule has 1 amide bonds. The molecule has 1 N–H and O–H groups in total. The van der Waals surface area contributed by atoms with E-state index in [9.17, 15) is 19.5 Å². The van der Waals surface area contributed by atoms with Gasteiger partial charge in [-0.15, -0.1) is 0 Å². The fourth-order valence-corrected chi connectivity index (χ4v) is 4.95. The van der Waals surface area contributed by atoms with Crippen molar-refractivity contribution < 1.29 is 29.0 Å². The Morgan fingerprint density at radius 3 is 2.65 bits per heavy atom. The molecule has 3 heterocycles. The number of amides is 1. The number of carbonyl (C=O) groups is 3. The van der Waals surface area contributed by atoms with E-state index in [-0.39, 0.29) is 31.2 Å². The Balaban J connectivity index is 1.73. The summed E-state index contributed by atoms with van der Waals surface area (Å²) in [6.45, 7) is 4.11. The summed E-state index contributed by atoms with van der Waals surface area (Å²) >= 11 is 0. The Morgan fingerprint density at radius 2 is 1.95 bits per heavy atom. The van der Waals surface area contributed by atoms with Crippen LogP contribution in [0.4, 0.5) is 5.95 Å². The second-order valence-corrected chi connectivity index (χ2v) is 10.5. The zero-order valence-electron chi connectivity index (χ0n) is 22.0. The molecule has 0 unspecified atom stereocenters. The molecule has 2 aliphatic heterocycles. The van der Waals surface area contributed by atoms with Crippen molar-refractivity contribution in [2.45, 2.75) is 64.5 Å². The molecular weight excluding hydrogens is 476 g/mol. The second kappa shape index (κ2) is 11.3. The molecule has 1 aromatic heterocycles. The monoisotopic (exact) mass is 512 g/mol. The van der Waals surface area contributed by atoms with Crippen molar-refractivity contribution in [1.29, 1.82) is 0 Å². The lowest BCUT2D eigenvalue weighted by molar-refractivity contribution is -0.154. The summed E-state index contributed by atoms with van der Waals surface area (Å²) < 4.78 is 11.7. The Morgan fingerprint density at radius 1 is 1.16 bits per heavy atom. The van der Waals surface area contributed by atoms with Crippen molar-refractivity contribution in [3.05, 3.63) is 23.8 Å². The lowest BCUT2D eigenvalue weighted by atomic mass is 9.91. The number of aliphatic carboxylic acids is 1. The van der Waals surface area contributed by atoms with E-state index in [0.29, 0.717) is 18.4 Å². The van der Waals surface area contributed by atoms with Crippen molar-refractivity contribution in [2.24, 2.45) is 11.8 Å². The lowest BCUT2D eigenvalue weighted by Gasteiger charge is -2.28. The summed E-state index contributed by atoms with van der Waals surface area (Å²) in [5.74, 6) is -1.86. The van der Waals surface area contributed by atoms with E-state index in [1.54, 1.807) is 4.90 Å². The molecule has 0 saturated carbocycles. The molecule has 3 atom stereocenters. The number of carbonyl (C=O) groups excluding carboxylic acids is 2. The van der Waals surface area contributed by atoms with Crippen LogP contribution in [-0.4, -0.2) is 77.2 Å². The van der Waals surface area contributed by atoms with Crippen LogP contribution in [0.25, 0.3) is 10.9 Å². The topological polar surface area (TPSA) is 122 Å². The van der Waals surface area contributed by atoms with Crippen LogP contribution < -0.4 is 9.64 Å². The molecule has 4 rings (SSSR count). The van der Waals surface area contributed by atoms with E-state index in [4.69, 9.17) is 9.47 Å². The van der Waals surface area contributed by atoms with Crippen molar-refractivity contribution in [2.75, 3.05) is 32.1 Å². The Kier molecular flexibility index (Phi) is 8.14. The highest BCUT2D eigenvalue weighted by Crippen LogP contribution is 2.32. The summed E-state index contributed by atoms with van der Waals surface area (Å²) in [5, 5.41) is 10.7. The van der Waals surface area contributed by atoms with Gasteiger partial charge in [0.05, 0.1) is 36.4 Å². The number of hydrogen-bond acceptors (Lipinski definition) is 8. The molecule has 2 aromatic rings. The number of cyclic esters (lactones) is 1. The summed E-state index contributed by atoms with van der Waals surface area (Å²) in [7, 11) is 3.69. The number of fused-ring (bicyclic) bond motifs is 3. The van der Waals surface area contributed by atoms with Crippen molar-refractivity contribution in [3.8, 4) is 5.88 Å². The minimum Gasteiger partial charge on any atom is -0.480 e. The molecule has 0 spiro atoms. The Bertz CT molecular complexity index is 1170. The van der Waals surface area contributed by atoms with E-state index in [1.807, 2.05) is 46.1 Å². The number of aryl methyl sites for hydroxylation is 1. The van der Waals surface area contributed by atoms with Gasteiger partial charge in [0.1, 0.15) is 12.1 Å². The number of rotatable bonds is 3. The SMILES string of the molecule is CC(C)[C@@H]1CC(=O)OCCCCCc2ccc3nc(N(C)C)nc(c3c2)O[C@@H]2C[C@@H](C(=O)O)N(C2)C1=O. The maximum atomic E-state index is 13.5. The number of aromatic nitrogens is 2. The van der Waals surface area contributed by atoms with Crippen LogP contribution in [0.15, 0.2) is 18.2 Å². The van der Waals surface area contributed by atoms with Crippen LogP contribution in [-0.2, 0) is 25.5 Å². The van der Waals surface area contributed by atoms with Crippen molar-refractivity contribution >= 4 is 34.7 Å². The lowest BCUT2D eigenvalue weighted by Crippen LogP contribution is -2.45. The van der Waals surface area contributed by atoms with Gasteiger partial charge in [0.15, 0.2) is 0 Å². The minimum atomic E-state index is -1.10. The van der Waals surface area contributed by atoms with E-state index in [0.717, 1.165) is 42.1 Å². The van der Waals surface area contributed by atoms with Gasteiger partial charge in [0, 0.05) is 20.5 Å². The zero-order chi connectivity index (χ0) is 26.7. The van der Waals surface area contributed by atoms with Gasteiger partial charge in [-0.3, -0.25) is 9.59 Å². The van der Waals surface area contributed by atoms with Gasteiger partial charge in [0.2, 0.25) is 17.7 Å². The molecule has 0 aliphatic carbocycles. The van der Waals surface area contributed by atoms with Gasteiger partial charge < -0.3 is 24.4 Å². The van der Waals surface area contributed by atoms with Crippen LogP contribution in [0.3, 0.4) is 0 Å². The molecule has 37 heavy (non-hydrogen) atoms. The van der Waals surface area contributed by atoms with E-state index >= 15 is 0 Å². The zero-order valence-corrected chi connectivity index (χ0v) is 22.0. The third-order valence-electron chi connectivity index (χ3n) is 7.10. The molecule has 1 aromatic carbocycles. The molecule has 2 aliphatic rings. The maximum Gasteiger partial charge on any atom is 0.326 e. The minimum absolute atomic E-state index is 0.0752. The highest BCUT2D eigenvalue weighted by atomic mass is 16.5. The van der Waals surface area contributed by atoms with E-state index < -0.39 is 30.0 Å². The van der Waals surface area contributed by atoms with Gasteiger partial charge >= 0.3 is 11.9 Å². The fraction of sp³-hybridized carbons (Fsp3) is 0.593. The van der Waals surface area contributed by atoms with Crippen LogP contribution in [0.1, 0.15) is 51.5 Å². The van der Waals surface area contributed by atoms with Crippen LogP contribution in [0.2, 0.25) is 0 Å². The van der Waals surface area contributed by atoms with Gasteiger partial charge in [-0.2, -0.15) is 4.98 Å². The smallest absolute Gasteiger partial charge is 0.326 e.